The molecule has 0 bridgehead atoms. The molecule has 0 saturated heterocycles. The lowest BCUT2D eigenvalue weighted by Gasteiger charge is -2.19. The number of benzene rings is 2. The predicted molar refractivity (Wildman–Crippen MR) is 99.5 cm³/mol. The number of rotatable bonds is 7. The maximum Gasteiger partial charge on any atom is 0.255 e. The summed E-state index contributed by atoms with van der Waals surface area (Å²) in [5.74, 6) is 0.563. The molecule has 3 aromatic rings. The second kappa shape index (κ2) is 8.34. The van der Waals surface area contributed by atoms with Crippen LogP contribution in [0, 0.1) is 6.92 Å². The Labute approximate surface area is 148 Å². The van der Waals surface area contributed by atoms with Gasteiger partial charge in [-0.2, -0.15) is 0 Å². The zero-order chi connectivity index (χ0) is 17.5. The number of hydrogen-bond donors (Lipinski definition) is 1. The lowest BCUT2D eigenvalue weighted by atomic mass is 9.98. The molecule has 0 aliphatic rings. The van der Waals surface area contributed by atoms with E-state index in [-0.39, 0.29) is 11.9 Å². The van der Waals surface area contributed by atoms with Crippen LogP contribution in [0.2, 0.25) is 0 Å². The molecular weight excluding hydrogens is 310 g/mol. The van der Waals surface area contributed by atoms with E-state index in [2.05, 4.69) is 41.7 Å². The lowest BCUT2D eigenvalue weighted by molar-refractivity contribution is 0.0932. The zero-order valence-electron chi connectivity index (χ0n) is 14.4. The molecule has 1 aromatic heterocycles. The normalized spacial score (nSPS) is 11.9. The SMILES string of the molecule is Cc1occc1C(=O)NC(CCCc1ccccc1)c1ccccc1. The molecule has 1 atom stereocenters. The zero-order valence-corrected chi connectivity index (χ0v) is 14.4. The Balaban J connectivity index is 1.67. The highest BCUT2D eigenvalue weighted by molar-refractivity contribution is 5.95. The van der Waals surface area contributed by atoms with Gasteiger partial charge in [-0.1, -0.05) is 60.7 Å². The molecule has 1 N–H and O–H groups in total. The summed E-state index contributed by atoms with van der Waals surface area (Å²) < 4.78 is 5.25. The van der Waals surface area contributed by atoms with Crippen molar-refractivity contribution in [3.05, 3.63) is 95.4 Å². The van der Waals surface area contributed by atoms with Crippen LogP contribution < -0.4 is 5.32 Å². The van der Waals surface area contributed by atoms with Crippen molar-refractivity contribution in [2.24, 2.45) is 0 Å². The van der Waals surface area contributed by atoms with Gasteiger partial charge < -0.3 is 9.73 Å². The maximum absolute atomic E-state index is 12.6. The number of carbonyl (C=O) groups is 1. The summed E-state index contributed by atoms with van der Waals surface area (Å²) in [4.78, 5) is 12.6. The molecule has 128 valence electrons. The van der Waals surface area contributed by atoms with Gasteiger partial charge >= 0.3 is 0 Å². The van der Waals surface area contributed by atoms with E-state index >= 15 is 0 Å². The molecule has 0 spiro atoms. The van der Waals surface area contributed by atoms with E-state index in [1.54, 1.807) is 12.3 Å². The van der Waals surface area contributed by atoms with Crippen molar-refractivity contribution >= 4 is 5.91 Å². The van der Waals surface area contributed by atoms with Crippen molar-refractivity contribution in [1.82, 2.24) is 5.32 Å². The average molecular weight is 333 g/mol. The maximum atomic E-state index is 12.6. The first-order chi connectivity index (χ1) is 12.2. The highest BCUT2D eigenvalue weighted by Crippen LogP contribution is 2.21. The molecule has 0 saturated carbocycles. The van der Waals surface area contributed by atoms with Crippen molar-refractivity contribution in [2.75, 3.05) is 0 Å². The van der Waals surface area contributed by atoms with Gasteiger partial charge in [0.1, 0.15) is 5.76 Å². The number of furan rings is 1. The van der Waals surface area contributed by atoms with Gasteiger partial charge in [0.15, 0.2) is 0 Å². The highest BCUT2D eigenvalue weighted by atomic mass is 16.3. The van der Waals surface area contributed by atoms with Crippen LogP contribution in [0.4, 0.5) is 0 Å². The molecule has 1 amide bonds. The number of carbonyl (C=O) groups excluding carboxylic acids is 1. The minimum absolute atomic E-state index is 0.00767. The third-order valence-corrected chi connectivity index (χ3v) is 4.41. The van der Waals surface area contributed by atoms with Crippen LogP contribution in [0.1, 0.15) is 46.1 Å². The molecule has 3 heteroatoms. The standard InChI is InChI=1S/C22H23NO2/c1-17-20(15-16-25-17)22(24)23-21(19-12-6-3-7-13-19)14-8-11-18-9-4-2-5-10-18/h2-7,9-10,12-13,15-16,21H,8,11,14H2,1H3,(H,23,24). The third-order valence-electron chi connectivity index (χ3n) is 4.41. The summed E-state index contributed by atoms with van der Waals surface area (Å²) in [6, 6.07) is 22.3. The Morgan fingerprint density at radius 3 is 2.32 bits per heavy atom. The third kappa shape index (κ3) is 4.60. The first-order valence-electron chi connectivity index (χ1n) is 8.68. The van der Waals surface area contributed by atoms with Crippen LogP contribution in [0.25, 0.3) is 0 Å². The summed E-state index contributed by atoms with van der Waals surface area (Å²) in [6.45, 7) is 1.81. The van der Waals surface area contributed by atoms with E-state index in [1.807, 2.05) is 31.2 Å². The van der Waals surface area contributed by atoms with Crippen molar-refractivity contribution < 1.29 is 9.21 Å². The Hall–Kier alpha value is -2.81. The van der Waals surface area contributed by atoms with Crippen molar-refractivity contribution in [1.29, 1.82) is 0 Å². The monoisotopic (exact) mass is 333 g/mol. The average Bonchev–Trinajstić information content (AvgIpc) is 3.08. The summed E-state index contributed by atoms with van der Waals surface area (Å²) in [7, 11) is 0. The largest absolute Gasteiger partial charge is 0.469 e. The molecular formula is C22H23NO2. The Kier molecular flexibility index (Phi) is 5.68. The molecule has 3 nitrogen and oxygen atoms in total. The quantitative estimate of drug-likeness (QED) is 0.655. The first-order valence-corrected chi connectivity index (χ1v) is 8.68. The number of aryl methyl sites for hydroxylation is 2. The van der Waals surface area contributed by atoms with Gasteiger partial charge in [-0.15, -0.1) is 0 Å². The van der Waals surface area contributed by atoms with E-state index in [9.17, 15) is 4.79 Å². The van der Waals surface area contributed by atoms with Gasteiger partial charge in [0.2, 0.25) is 0 Å². The molecule has 0 fully saturated rings. The molecule has 0 radical (unpaired) electrons. The predicted octanol–water partition coefficient (Wildman–Crippen LogP) is 5.08. The van der Waals surface area contributed by atoms with Crippen LogP contribution in [-0.2, 0) is 6.42 Å². The lowest BCUT2D eigenvalue weighted by Crippen LogP contribution is -2.28. The first kappa shape index (κ1) is 17.0. The van der Waals surface area contributed by atoms with Gasteiger partial charge in [-0.25, -0.2) is 0 Å². The summed E-state index contributed by atoms with van der Waals surface area (Å²) >= 11 is 0. The molecule has 1 unspecified atom stereocenters. The van der Waals surface area contributed by atoms with E-state index in [1.165, 1.54) is 5.56 Å². The Bertz CT molecular complexity index is 793. The van der Waals surface area contributed by atoms with Crippen molar-refractivity contribution in [3.63, 3.8) is 0 Å². The molecule has 0 aliphatic heterocycles. The van der Waals surface area contributed by atoms with Crippen molar-refractivity contribution in [2.45, 2.75) is 32.2 Å². The van der Waals surface area contributed by atoms with Gasteiger partial charge in [0.05, 0.1) is 17.9 Å². The fourth-order valence-electron chi connectivity index (χ4n) is 3.02. The van der Waals surface area contributed by atoms with Gasteiger partial charge in [-0.05, 0) is 43.4 Å². The second-order valence-corrected chi connectivity index (χ2v) is 6.21. The van der Waals surface area contributed by atoms with Gasteiger partial charge in [0, 0.05) is 0 Å². The van der Waals surface area contributed by atoms with Crippen LogP contribution in [0.3, 0.4) is 0 Å². The topological polar surface area (TPSA) is 42.2 Å². The van der Waals surface area contributed by atoms with E-state index in [0.29, 0.717) is 11.3 Å². The molecule has 3 rings (SSSR count). The fourth-order valence-corrected chi connectivity index (χ4v) is 3.02. The van der Waals surface area contributed by atoms with E-state index in [0.717, 1.165) is 24.8 Å². The van der Waals surface area contributed by atoms with Gasteiger partial charge in [-0.3, -0.25) is 4.79 Å². The smallest absolute Gasteiger partial charge is 0.255 e. The molecule has 25 heavy (non-hydrogen) atoms. The molecule has 2 aromatic carbocycles. The van der Waals surface area contributed by atoms with Crippen molar-refractivity contribution in [3.8, 4) is 0 Å². The number of amides is 1. The van der Waals surface area contributed by atoms with E-state index in [4.69, 9.17) is 4.42 Å². The minimum atomic E-state index is -0.0835. The second-order valence-electron chi connectivity index (χ2n) is 6.21. The van der Waals surface area contributed by atoms with Crippen LogP contribution in [0.15, 0.2) is 77.4 Å². The summed E-state index contributed by atoms with van der Waals surface area (Å²) in [6.07, 6.45) is 4.46. The number of nitrogens with one attached hydrogen (secondary N) is 1. The van der Waals surface area contributed by atoms with Crippen LogP contribution >= 0.6 is 0 Å². The van der Waals surface area contributed by atoms with E-state index < -0.39 is 0 Å². The molecule has 1 heterocycles. The Morgan fingerprint density at radius 2 is 1.68 bits per heavy atom. The highest BCUT2D eigenvalue weighted by Gasteiger charge is 2.18. The minimum Gasteiger partial charge on any atom is -0.469 e. The van der Waals surface area contributed by atoms with Crippen LogP contribution in [-0.4, -0.2) is 5.91 Å². The Morgan fingerprint density at radius 1 is 1.00 bits per heavy atom. The van der Waals surface area contributed by atoms with Crippen LogP contribution in [0.5, 0.6) is 0 Å². The van der Waals surface area contributed by atoms with Gasteiger partial charge in [0.25, 0.3) is 5.91 Å². The summed E-state index contributed by atoms with van der Waals surface area (Å²) in [5.41, 5.74) is 3.06. The summed E-state index contributed by atoms with van der Waals surface area (Å²) in [5, 5.41) is 3.16. The number of hydrogen-bond acceptors (Lipinski definition) is 2. The molecule has 0 aliphatic carbocycles. The fraction of sp³-hybridized carbons (Fsp3) is 0.227.